The van der Waals surface area contributed by atoms with Gasteiger partial charge >= 0.3 is 6.01 Å². The molecule has 0 radical (unpaired) electrons. The van der Waals surface area contributed by atoms with Crippen LogP contribution in [-0.2, 0) is 6.42 Å². The van der Waals surface area contributed by atoms with E-state index >= 15 is 0 Å². The summed E-state index contributed by atoms with van der Waals surface area (Å²) in [6.45, 7) is 2.11. The molecule has 6 heteroatoms. The average molecular weight is 272 g/mol. The smallest absolute Gasteiger partial charge is 0.318 e. The van der Waals surface area contributed by atoms with Crippen molar-refractivity contribution in [3.05, 3.63) is 28.3 Å². The molecule has 0 aliphatic rings. The van der Waals surface area contributed by atoms with Crippen molar-refractivity contribution < 1.29 is 4.42 Å². The fourth-order valence-corrected chi connectivity index (χ4v) is 2.44. The van der Waals surface area contributed by atoms with Crippen LogP contribution < -0.4 is 4.90 Å². The van der Waals surface area contributed by atoms with E-state index < -0.39 is 0 Å². The second kappa shape index (κ2) is 5.51. The summed E-state index contributed by atoms with van der Waals surface area (Å²) in [5.74, 6) is 1.08. The number of hydrogen-bond donors (Lipinski definition) is 0. The molecule has 0 saturated heterocycles. The quantitative estimate of drug-likeness (QED) is 0.784. The highest BCUT2D eigenvalue weighted by Crippen LogP contribution is 2.27. The normalized spacial score (nSPS) is 12.6. The lowest BCUT2D eigenvalue weighted by molar-refractivity contribution is 0.485. The van der Waals surface area contributed by atoms with Gasteiger partial charge in [0.25, 0.3) is 0 Å². The minimum absolute atomic E-state index is 0.222. The molecule has 92 valence electrons. The number of halogens is 1. The lowest BCUT2D eigenvalue weighted by Gasteiger charge is -2.21. The fourth-order valence-electron chi connectivity index (χ4n) is 1.45. The highest BCUT2D eigenvalue weighted by Gasteiger charge is 2.18. The standard InChI is InChI=1S/C11H14ClN3OS/c1-8(9-4-3-7-17-9)15(2)11-14-13-10(16-11)5-6-12/h3-4,7-8H,5-6H2,1-2H3. The van der Waals surface area contributed by atoms with Crippen LogP contribution in [0.5, 0.6) is 0 Å². The first-order valence-corrected chi connectivity index (χ1v) is 6.78. The van der Waals surface area contributed by atoms with Crippen LogP contribution in [0.25, 0.3) is 0 Å². The number of aromatic nitrogens is 2. The van der Waals surface area contributed by atoms with Gasteiger partial charge in [-0.1, -0.05) is 11.2 Å². The molecule has 4 nitrogen and oxygen atoms in total. The molecule has 2 rings (SSSR count). The molecule has 0 amide bonds. The molecule has 0 fully saturated rings. The summed E-state index contributed by atoms with van der Waals surface area (Å²) in [7, 11) is 1.95. The fraction of sp³-hybridized carbons (Fsp3) is 0.455. The third-order valence-electron chi connectivity index (χ3n) is 2.60. The summed E-state index contributed by atoms with van der Waals surface area (Å²) in [5, 5.41) is 10.0. The molecule has 0 saturated carbocycles. The topological polar surface area (TPSA) is 42.2 Å². The summed E-state index contributed by atoms with van der Waals surface area (Å²) in [6.07, 6.45) is 0.607. The minimum atomic E-state index is 0.222. The minimum Gasteiger partial charge on any atom is -0.408 e. The SMILES string of the molecule is CC(c1cccs1)N(C)c1nnc(CCCl)o1. The van der Waals surface area contributed by atoms with Gasteiger partial charge in [-0.3, -0.25) is 0 Å². The Morgan fingerprint density at radius 1 is 1.53 bits per heavy atom. The molecule has 2 aromatic rings. The Morgan fingerprint density at radius 3 is 3.00 bits per heavy atom. The van der Waals surface area contributed by atoms with Crippen molar-refractivity contribution in [3.8, 4) is 0 Å². The van der Waals surface area contributed by atoms with E-state index in [0.29, 0.717) is 24.2 Å². The number of nitrogens with zero attached hydrogens (tertiary/aromatic N) is 3. The van der Waals surface area contributed by atoms with Gasteiger partial charge in [0, 0.05) is 24.2 Å². The van der Waals surface area contributed by atoms with Crippen molar-refractivity contribution >= 4 is 29.0 Å². The number of anilines is 1. The first-order valence-electron chi connectivity index (χ1n) is 5.37. The molecule has 0 spiro atoms. The molecular formula is C11H14ClN3OS. The van der Waals surface area contributed by atoms with Crippen LogP contribution in [0.1, 0.15) is 23.7 Å². The summed E-state index contributed by atoms with van der Waals surface area (Å²) in [4.78, 5) is 3.24. The lowest BCUT2D eigenvalue weighted by atomic mass is 10.2. The molecule has 0 bridgehead atoms. The Hall–Kier alpha value is -1.07. The second-order valence-corrected chi connectivity index (χ2v) is 5.08. The van der Waals surface area contributed by atoms with Gasteiger partial charge in [0.15, 0.2) is 0 Å². The van der Waals surface area contributed by atoms with E-state index in [0.717, 1.165) is 0 Å². The predicted molar refractivity (Wildman–Crippen MR) is 69.9 cm³/mol. The van der Waals surface area contributed by atoms with Crippen LogP contribution in [0.2, 0.25) is 0 Å². The first-order chi connectivity index (χ1) is 8.22. The Bertz CT molecular complexity index is 457. The molecule has 1 atom stereocenters. The lowest BCUT2D eigenvalue weighted by Crippen LogP contribution is -2.21. The molecule has 0 aliphatic carbocycles. The van der Waals surface area contributed by atoms with Gasteiger partial charge in [-0.2, -0.15) is 0 Å². The maximum absolute atomic E-state index is 5.63. The summed E-state index contributed by atoms with van der Waals surface area (Å²) in [5.41, 5.74) is 0. The van der Waals surface area contributed by atoms with E-state index in [1.165, 1.54) is 4.88 Å². The van der Waals surface area contributed by atoms with Crippen molar-refractivity contribution in [2.75, 3.05) is 17.8 Å². The molecule has 2 aromatic heterocycles. The van der Waals surface area contributed by atoms with Crippen LogP contribution in [0.15, 0.2) is 21.9 Å². The third kappa shape index (κ3) is 2.79. The van der Waals surface area contributed by atoms with Crippen molar-refractivity contribution in [1.82, 2.24) is 10.2 Å². The van der Waals surface area contributed by atoms with E-state index in [2.05, 4.69) is 28.6 Å². The van der Waals surface area contributed by atoms with Crippen molar-refractivity contribution in [2.45, 2.75) is 19.4 Å². The largest absolute Gasteiger partial charge is 0.408 e. The van der Waals surface area contributed by atoms with Gasteiger partial charge in [-0.15, -0.1) is 28.0 Å². The van der Waals surface area contributed by atoms with Crippen molar-refractivity contribution in [2.24, 2.45) is 0 Å². The maximum Gasteiger partial charge on any atom is 0.318 e. The van der Waals surface area contributed by atoms with Crippen molar-refractivity contribution in [3.63, 3.8) is 0 Å². The van der Waals surface area contributed by atoms with Gasteiger partial charge in [0.05, 0.1) is 6.04 Å². The van der Waals surface area contributed by atoms with Crippen LogP contribution in [-0.4, -0.2) is 23.1 Å². The number of rotatable bonds is 5. The van der Waals surface area contributed by atoms with Gasteiger partial charge in [0.1, 0.15) is 0 Å². The van der Waals surface area contributed by atoms with E-state index in [1.54, 1.807) is 11.3 Å². The Kier molecular flexibility index (Phi) is 4.02. The zero-order valence-electron chi connectivity index (χ0n) is 9.76. The Balaban J connectivity index is 2.10. The van der Waals surface area contributed by atoms with Gasteiger partial charge in [0.2, 0.25) is 5.89 Å². The third-order valence-corrected chi connectivity index (χ3v) is 3.83. The Labute approximate surface area is 109 Å². The Morgan fingerprint density at radius 2 is 2.35 bits per heavy atom. The van der Waals surface area contributed by atoms with Crippen LogP contribution in [0.3, 0.4) is 0 Å². The summed E-state index contributed by atoms with van der Waals surface area (Å²) in [6, 6.07) is 4.89. The highest BCUT2D eigenvalue weighted by atomic mass is 35.5. The average Bonchev–Trinajstić information content (AvgIpc) is 2.98. The summed E-state index contributed by atoms with van der Waals surface area (Å²) >= 11 is 7.35. The highest BCUT2D eigenvalue weighted by molar-refractivity contribution is 7.10. The number of alkyl halides is 1. The van der Waals surface area contributed by atoms with Crippen LogP contribution in [0, 0.1) is 0 Å². The number of aryl methyl sites for hydroxylation is 1. The zero-order valence-corrected chi connectivity index (χ0v) is 11.3. The molecule has 2 heterocycles. The molecular weight excluding hydrogens is 258 g/mol. The maximum atomic E-state index is 5.63. The molecule has 0 aliphatic heterocycles. The van der Waals surface area contributed by atoms with Gasteiger partial charge in [-0.05, 0) is 18.4 Å². The number of hydrogen-bond acceptors (Lipinski definition) is 5. The molecule has 0 aromatic carbocycles. The van der Waals surface area contributed by atoms with E-state index in [-0.39, 0.29) is 6.04 Å². The van der Waals surface area contributed by atoms with Crippen LogP contribution in [0.4, 0.5) is 6.01 Å². The van der Waals surface area contributed by atoms with Crippen LogP contribution >= 0.6 is 22.9 Å². The second-order valence-electron chi connectivity index (χ2n) is 3.72. The monoisotopic (exact) mass is 271 g/mol. The number of thiophene rings is 1. The van der Waals surface area contributed by atoms with E-state index in [9.17, 15) is 0 Å². The molecule has 17 heavy (non-hydrogen) atoms. The van der Waals surface area contributed by atoms with E-state index in [4.69, 9.17) is 16.0 Å². The predicted octanol–water partition coefficient (Wildman–Crippen LogP) is 3.11. The van der Waals surface area contributed by atoms with Crippen molar-refractivity contribution in [1.29, 1.82) is 0 Å². The molecule has 1 unspecified atom stereocenters. The summed E-state index contributed by atoms with van der Waals surface area (Å²) < 4.78 is 5.53. The van der Waals surface area contributed by atoms with Gasteiger partial charge < -0.3 is 9.32 Å². The molecule has 0 N–H and O–H groups in total. The van der Waals surface area contributed by atoms with E-state index in [1.807, 2.05) is 18.0 Å². The zero-order chi connectivity index (χ0) is 12.3. The first kappa shape index (κ1) is 12.4. The van der Waals surface area contributed by atoms with Gasteiger partial charge in [-0.25, -0.2) is 0 Å².